The van der Waals surface area contributed by atoms with E-state index in [4.69, 9.17) is 0 Å². The van der Waals surface area contributed by atoms with Crippen LogP contribution >= 0.6 is 0 Å². The van der Waals surface area contributed by atoms with Crippen molar-refractivity contribution < 1.29 is 14.7 Å². The zero-order valence-electron chi connectivity index (χ0n) is 15.6. The van der Waals surface area contributed by atoms with Gasteiger partial charge in [0.25, 0.3) is 5.91 Å². The van der Waals surface area contributed by atoms with Crippen molar-refractivity contribution in [2.45, 2.75) is 44.6 Å². The lowest BCUT2D eigenvalue weighted by Gasteiger charge is -2.28. The molecular formula is C21H22N4O3. The molecule has 4 rings (SSSR count). The molecule has 0 aliphatic heterocycles. The lowest BCUT2D eigenvalue weighted by Crippen LogP contribution is -2.42. The third-order valence-electron chi connectivity index (χ3n) is 5.37. The predicted molar refractivity (Wildman–Crippen MR) is 103 cm³/mol. The second kappa shape index (κ2) is 7.42. The molecule has 2 unspecified atom stereocenters. The van der Waals surface area contributed by atoms with E-state index in [0.717, 1.165) is 25.0 Å². The molecule has 0 spiro atoms. The van der Waals surface area contributed by atoms with E-state index in [1.165, 1.54) is 21.8 Å². The van der Waals surface area contributed by atoms with Crippen LogP contribution in [0.3, 0.4) is 0 Å². The van der Waals surface area contributed by atoms with Crippen LogP contribution in [0.15, 0.2) is 42.7 Å². The van der Waals surface area contributed by atoms with Crippen LogP contribution in [0.1, 0.15) is 52.4 Å². The third kappa shape index (κ3) is 3.47. The van der Waals surface area contributed by atoms with Crippen LogP contribution in [0.2, 0.25) is 0 Å². The van der Waals surface area contributed by atoms with Gasteiger partial charge in [0.1, 0.15) is 11.6 Å². The Bertz CT molecular complexity index is 1040. The number of benzene rings is 1. The van der Waals surface area contributed by atoms with E-state index in [0.29, 0.717) is 12.1 Å². The molecule has 0 saturated carbocycles. The topological polar surface area (TPSA) is 96.6 Å². The molecule has 0 radical (unpaired) electrons. The standard InChI is InChI=1S/C21H22N4O3/c1-13-9-10-25-19(23-13)17(12-22-25)20(26)24-18(21(27)28)11-15-7-4-6-14-5-2-3-8-16(14)15/h2-3,5,8-10,12,15,18H,4,6-7,11H2,1H3,(H,24,26)(H,27,28). The average Bonchev–Trinajstić information content (AvgIpc) is 3.10. The Balaban J connectivity index is 1.55. The smallest absolute Gasteiger partial charge is 0.326 e. The summed E-state index contributed by atoms with van der Waals surface area (Å²) < 4.78 is 1.51. The van der Waals surface area contributed by atoms with Crippen molar-refractivity contribution in [3.8, 4) is 0 Å². The van der Waals surface area contributed by atoms with E-state index in [9.17, 15) is 14.7 Å². The molecule has 2 heterocycles. The van der Waals surface area contributed by atoms with Crippen LogP contribution < -0.4 is 5.32 Å². The monoisotopic (exact) mass is 378 g/mol. The number of nitrogens with one attached hydrogen (secondary N) is 1. The van der Waals surface area contributed by atoms with Gasteiger partial charge in [-0.25, -0.2) is 14.3 Å². The number of aryl methyl sites for hydroxylation is 2. The fourth-order valence-corrected chi connectivity index (χ4v) is 3.96. The predicted octanol–water partition coefficient (Wildman–Crippen LogP) is 2.73. The van der Waals surface area contributed by atoms with E-state index >= 15 is 0 Å². The summed E-state index contributed by atoms with van der Waals surface area (Å²) in [6.45, 7) is 1.83. The summed E-state index contributed by atoms with van der Waals surface area (Å²) in [5, 5.41) is 16.5. The highest BCUT2D eigenvalue weighted by atomic mass is 16.4. The van der Waals surface area contributed by atoms with Gasteiger partial charge in [0, 0.05) is 11.9 Å². The number of nitrogens with zero attached hydrogens (tertiary/aromatic N) is 3. The summed E-state index contributed by atoms with van der Waals surface area (Å²) in [5.74, 6) is -1.38. The van der Waals surface area contributed by atoms with Crippen molar-refractivity contribution in [1.82, 2.24) is 19.9 Å². The first-order valence-corrected chi connectivity index (χ1v) is 9.45. The number of amides is 1. The van der Waals surface area contributed by atoms with Crippen molar-refractivity contribution >= 4 is 17.5 Å². The van der Waals surface area contributed by atoms with Gasteiger partial charge in [-0.05, 0) is 55.7 Å². The molecule has 0 saturated heterocycles. The van der Waals surface area contributed by atoms with Crippen LogP contribution in [0.25, 0.3) is 5.65 Å². The van der Waals surface area contributed by atoms with Crippen molar-refractivity contribution in [3.63, 3.8) is 0 Å². The number of hydrogen-bond donors (Lipinski definition) is 2. The molecule has 2 atom stereocenters. The summed E-state index contributed by atoms with van der Waals surface area (Å²) in [6, 6.07) is 8.99. The Hall–Kier alpha value is -3.22. The van der Waals surface area contributed by atoms with Gasteiger partial charge in [0.2, 0.25) is 0 Å². The molecule has 28 heavy (non-hydrogen) atoms. The fourth-order valence-electron chi connectivity index (χ4n) is 3.96. The highest BCUT2D eigenvalue weighted by molar-refractivity contribution is 6.01. The molecule has 144 valence electrons. The lowest BCUT2D eigenvalue weighted by atomic mass is 9.79. The highest BCUT2D eigenvalue weighted by Crippen LogP contribution is 2.34. The Kier molecular flexibility index (Phi) is 4.81. The largest absolute Gasteiger partial charge is 0.480 e. The molecule has 0 fully saturated rings. The van der Waals surface area contributed by atoms with Gasteiger partial charge in [-0.3, -0.25) is 4.79 Å². The maximum atomic E-state index is 12.8. The molecule has 1 aromatic carbocycles. The molecule has 1 aliphatic carbocycles. The minimum Gasteiger partial charge on any atom is -0.480 e. The number of aliphatic carboxylic acids is 1. The molecule has 1 amide bonds. The number of rotatable bonds is 5. The second-order valence-corrected chi connectivity index (χ2v) is 7.28. The van der Waals surface area contributed by atoms with Gasteiger partial charge < -0.3 is 10.4 Å². The normalized spacial score (nSPS) is 17.1. The molecular weight excluding hydrogens is 356 g/mol. The Morgan fingerprint density at radius 2 is 2.14 bits per heavy atom. The number of hydrogen-bond acceptors (Lipinski definition) is 4. The first kappa shape index (κ1) is 18.2. The summed E-state index contributed by atoms with van der Waals surface area (Å²) in [6.07, 6.45) is 6.48. The van der Waals surface area contributed by atoms with Gasteiger partial charge in [0.05, 0.1) is 6.20 Å². The summed E-state index contributed by atoms with van der Waals surface area (Å²) in [5.41, 5.74) is 3.93. The van der Waals surface area contributed by atoms with Gasteiger partial charge in [-0.1, -0.05) is 24.3 Å². The minimum absolute atomic E-state index is 0.121. The van der Waals surface area contributed by atoms with E-state index < -0.39 is 17.9 Å². The number of fused-ring (bicyclic) bond motifs is 2. The van der Waals surface area contributed by atoms with Crippen molar-refractivity contribution in [2.75, 3.05) is 0 Å². The molecule has 2 N–H and O–H groups in total. The maximum absolute atomic E-state index is 12.8. The molecule has 1 aliphatic rings. The summed E-state index contributed by atoms with van der Waals surface area (Å²) >= 11 is 0. The Morgan fingerprint density at radius 1 is 1.32 bits per heavy atom. The van der Waals surface area contributed by atoms with Gasteiger partial charge in [-0.15, -0.1) is 0 Å². The lowest BCUT2D eigenvalue weighted by molar-refractivity contribution is -0.139. The highest BCUT2D eigenvalue weighted by Gasteiger charge is 2.29. The van der Waals surface area contributed by atoms with Gasteiger partial charge in [0.15, 0.2) is 5.65 Å². The summed E-state index contributed by atoms with van der Waals surface area (Å²) in [7, 11) is 0. The van der Waals surface area contributed by atoms with E-state index in [1.807, 2.05) is 19.1 Å². The second-order valence-electron chi connectivity index (χ2n) is 7.28. The van der Waals surface area contributed by atoms with Gasteiger partial charge >= 0.3 is 5.97 Å². The fraction of sp³-hybridized carbons (Fsp3) is 0.333. The van der Waals surface area contributed by atoms with Crippen molar-refractivity contribution in [1.29, 1.82) is 0 Å². The van der Waals surface area contributed by atoms with E-state index in [-0.39, 0.29) is 11.5 Å². The first-order valence-electron chi connectivity index (χ1n) is 9.45. The molecule has 0 bridgehead atoms. The third-order valence-corrected chi connectivity index (χ3v) is 5.37. The zero-order chi connectivity index (χ0) is 19.7. The molecule has 2 aromatic heterocycles. The van der Waals surface area contributed by atoms with Crippen LogP contribution in [-0.4, -0.2) is 37.6 Å². The quantitative estimate of drug-likeness (QED) is 0.712. The average molecular weight is 378 g/mol. The number of carboxylic acids is 1. The Labute approximate surface area is 162 Å². The molecule has 7 nitrogen and oxygen atoms in total. The SMILES string of the molecule is Cc1ccn2ncc(C(=O)NC(CC3CCCc4ccccc43)C(=O)O)c2n1. The van der Waals surface area contributed by atoms with Crippen LogP contribution in [0.4, 0.5) is 0 Å². The molecule has 7 heteroatoms. The first-order chi connectivity index (χ1) is 13.5. The van der Waals surface area contributed by atoms with Gasteiger partial charge in [-0.2, -0.15) is 5.10 Å². The minimum atomic E-state index is -1.03. The van der Waals surface area contributed by atoms with Crippen LogP contribution in [0, 0.1) is 6.92 Å². The van der Waals surface area contributed by atoms with E-state index in [2.05, 4.69) is 27.5 Å². The number of carbonyl (C=O) groups excluding carboxylic acids is 1. The number of carboxylic acid groups (broad SMARTS) is 1. The van der Waals surface area contributed by atoms with Crippen LogP contribution in [0.5, 0.6) is 0 Å². The Morgan fingerprint density at radius 3 is 2.96 bits per heavy atom. The molecule has 3 aromatic rings. The number of aromatic nitrogens is 3. The maximum Gasteiger partial charge on any atom is 0.326 e. The van der Waals surface area contributed by atoms with Crippen molar-refractivity contribution in [3.05, 3.63) is 65.1 Å². The number of carbonyl (C=O) groups is 2. The van der Waals surface area contributed by atoms with E-state index in [1.54, 1.807) is 12.3 Å². The van der Waals surface area contributed by atoms with Crippen molar-refractivity contribution in [2.24, 2.45) is 0 Å². The summed E-state index contributed by atoms with van der Waals surface area (Å²) in [4.78, 5) is 29.0. The van der Waals surface area contributed by atoms with Crippen LogP contribution in [-0.2, 0) is 11.2 Å². The zero-order valence-corrected chi connectivity index (χ0v) is 15.6.